The van der Waals surface area contributed by atoms with E-state index in [4.69, 9.17) is 23.8 Å². The molecule has 0 aliphatic heterocycles. The molecule has 3 aromatic carbocycles. The molecule has 5 aromatic rings. The fraction of sp³-hybridized carbons (Fsp3) is 0.185. The fourth-order valence-corrected chi connectivity index (χ4v) is 4.14. The van der Waals surface area contributed by atoms with Crippen molar-refractivity contribution in [2.75, 3.05) is 7.11 Å². The van der Waals surface area contributed by atoms with Gasteiger partial charge in [0.2, 0.25) is 0 Å². The zero-order valence-corrected chi connectivity index (χ0v) is 20.8. The molecule has 9 nitrogen and oxygen atoms in total. The number of aliphatic carboxylic acids is 1. The van der Waals surface area contributed by atoms with E-state index in [2.05, 4.69) is 9.89 Å². The van der Waals surface area contributed by atoms with E-state index in [1.165, 1.54) is 38.3 Å². The molecular formula is C27H21F3N2O7. The quantitative estimate of drug-likeness (QED) is 0.233. The molecular weight excluding hydrogens is 521 g/mol. The van der Waals surface area contributed by atoms with Crippen LogP contribution in [0.25, 0.3) is 27.7 Å². The first kappa shape index (κ1) is 25.8. The Kier molecular flexibility index (Phi) is 6.46. The van der Waals surface area contributed by atoms with E-state index in [0.717, 1.165) is 0 Å². The van der Waals surface area contributed by atoms with Crippen molar-refractivity contribution in [1.29, 1.82) is 0 Å². The smallest absolute Gasteiger partial charge is 0.497 e. The first-order valence-electron chi connectivity index (χ1n) is 11.6. The Morgan fingerprint density at radius 1 is 1.00 bits per heavy atom. The van der Waals surface area contributed by atoms with Gasteiger partial charge in [0.25, 0.3) is 0 Å². The molecule has 0 unspecified atom stereocenters. The van der Waals surface area contributed by atoms with Crippen LogP contribution in [-0.2, 0) is 4.79 Å². The zero-order chi connectivity index (χ0) is 27.9. The molecule has 12 heteroatoms. The van der Waals surface area contributed by atoms with Crippen molar-refractivity contribution in [1.82, 2.24) is 9.72 Å². The average molecular weight is 542 g/mol. The number of aromatic nitrogens is 2. The summed E-state index contributed by atoms with van der Waals surface area (Å²) in [5.74, 6) is 0.114. The molecule has 1 N–H and O–H groups in total. The summed E-state index contributed by atoms with van der Waals surface area (Å²) in [7, 11) is 1.52. The summed E-state index contributed by atoms with van der Waals surface area (Å²) in [5.41, 5.74) is 1.43. The van der Waals surface area contributed by atoms with Gasteiger partial charge in [0.1, 0.15) is 23.0 Å². The lowest BCUT2D eigenvalue weighted by molar-refractivity contribution is -0.274. The molecule has 5 rings (SSSR count). The minimum absolute atomic E-state index is 0.228. The summed E-state index contributed by atoms with van der Waals surface area (Å²) in [6.45, 7) is 3.10. The van der Waals surface area contributed by atoms with Crippen molar-refractivity contribution in [2.24, 2.45) is 0 Å². The maximum atomic E-state index is 13.0. The molecule has 2 heterocycles. The van der Waals surface area contributed by atoms with Gasteiger partial charge in [-0.15, -0.1) is 13.2 Å². The van der Waals surface area contributed by atoms with Crippen LogP contribution in [0.15, 0.2) is 65.2 Å². The third-order valence-electron chi connectivity index (χ3n) is 5.91. The van der Waals surface area contributed by atoms with Crippen LogP contribution in [-0.4, -0.2) is 40.4 Å². The Balaban J connectivity index is 1.65. The van der Waals surface area contributed by atoms with E-state index in [-0.39, 0.29) is 17.2 Å². The molecule has 0 aliphatic rings. The normalized spacial score (nSPS) is 12.5. The van der Waals surface area contributed by atoms with Crippen molar-refractivity contribution >= 4 is 27.8 Å². The second kappa shape index (κ2) is 9.78. The Hall–Kier alpha value is -4.87. The van der Waals surface area contributed by atoms with Crippen LogP contribution in [0.4, 0.5) is 13.2 Å². The number of methoxy groups -OCH3 is 1. The Bertz CT molecular complexity index is 1690. The SMILES string of the molecule is COc1ccc2c(-n3c(C)c(Oc4cccc(O[C@@H](C)C(=O)O)c4)c4cc(OC(F)(F)F)ccc43)noc2c1. The summed E-state index contributed by atoms with van der Waals surface area (Å²) in [6, 6.07) is 15.3. The van der Waals surface area contributed by atoms with Gasteiger partial charge in [-0.2, -0.15) is 0 Å². The number of carbonyl (C=O) groups is 1. The summed E-state index contributed by atoms with van der Waals surface area (Å²) in [5, 5.41) is 14.3. The Morgan fingerprint density at radius 2 is 1.74 bits per heavy atom. The fourth-order valence-electron chi connectivity index (χ4n) is 4.14. The number of hydrogen-bond donors (Lipinski definition) is 1. The van der Waals surface area contributed by atoms with Crippen LogP contribution in [0, 0.1) is 6.92 Å². The number of carboxylic acids is 1. The molecule has 0 aliphatic carbocycles. The van der Waals surface area contributed by atoms with Crippen molar-refractivity contribution in [2.45, 2.75) is 26.3 Å². The highest BCUT2D eigenvalue weighted by atomic mass is 19.4. The average Bonchev–Trinajstić information content (AvgIpc) is 3.40. The van der Waals surface area contributed by atoms with Crippen molar-refractivity contribution < 1.29 is 46.5 Å². The van der Waals surface area contributed by atoms with Gasteiger partial charge in [-0.05, 0) is 56.3 Å². The van der Waals surface area contributed by atoms with Crippen LogP contribution in [0.2, 0.25) is 0 Å². The number of carboxylic acid groups (broad SMARTS) is 1. The van der Waals surface area contributed by atoms with Gasteiger partial charge in [0, 0.05) is 17.5 Å². The lowest BCUT2D eigenvalue weighted by atomic mass is 10.2. The van der Waals surface area contributed by atoms with Crippen LogP contribution < -0.4 is 18.9 Å². The Labute approximate surface area is 218 Å². The lowest BCUT2D eigenvalue weighted by Crippen LogP contribution is -2.22. The molecule has 0 radical (unpaired) electrons. The standard InChI is InChI=1S/C27H21F3N2O7/c1-14-24(37-18-6-4-5-17(11-18)36-15(2)26(33)34)21-12-19(38-27(28,29)30)8-10-22(21)32(14)25-20-9-7-16(35-3)13-23(20)39-31-25/h4-13,15H,1-3H3,(H,33,34)/t15-/m0/s1. The third kappa shape index (κ3) is 5.13. The molecule has 2 aromatic heterocycles. The van der Waals surface area contributed by atoms with Crippen LogP contribution >= 0.6 is 0 Å². The van der Waals surface area contributed by atoms with E-state index < -0.39 is 24.2 Å². The maximum Gasteiger partial charge on any atom is 0.573 e. The van der Waals surface area contributed by atoms with E-state index >= 15 is 0 Å². The lowest BCUT2D eigenvalue weighted by Gasteiger charge is -2.12. The monoisotopic (exact) mass is 542 g/mol. The minimum Gasteiger partial charge on any atom is -0.497 e. The number of rotatable bonds is 8. The molecule has 202 valence electrons. The largest absolute Gasteiger partial charge is 0.573 e. The van der Waals surface area contributed by atoms with Gasteiger partial charge in [-0.1, -0.05) is 11.2 Å². The minimum atomic E-state index is -4.89. The van der Waals surface area contributed by atoms with E-state index in [1.807, 2.05) is 0 Å². The molecule has 0 amide bonds. The highest BCUT2D eigenvalue weighted by Gasteiger charge is 2.32. The van der Waals surface area contributed by atoms with Gasteiger partial charge < -0.3 is 28.6 Å². The van der Waals surface area contributed by atoms with Crippen LogP contribution in [0.1, 0.15) is 12.6 Å². The van der Waals surface area contributed by atoms with Gasteiger partial charge in [-0.25, -0.2) is 4.79 Å². The van der Waals surface area contributed by atoms with E-state index in [1.54, 1.807) is 47.9 Å². The summed E-state index contributed by atoms with van der Waals surface area (Å²) in [4.78, 5) is 11.2. The van der Waals surface area contributed by atoms with Gasteiger partial charge in [-0.3, -0.25) is 4.57 Å². The van der Waals surface area contributed by atoms with Crippen LogP contribution in [0.3, 0.4) is 0 Å². The first-order valence-corrected chi connectivity index (χ1v) is 11.6. The van der Waals surface area contributed by atoms with Gasteiger partial charge in [0.05, 0.1) is 23.7 Å². The zero-order valence-electron chi connectivity index (χ0n) is 20.8. The highest BCUT2D eigenvalue weighted by Crippen LogP contribution is 2.42. The molecule has 0 bridgehead atoms. The molecule has 0 saturated carbocycles. The second-order valence-corrected chi connectivity index (χ2v) is 8.52. The summed E-state index contributed by atoms with van der Waals surface area (Å²) >= 11 is 0. The van der Waals surface area contributed by atoms with Gasteiger partial charge in [0.15, 0.2) is 23.3 Å². The topological polar surface area (TPSA) is 105 Å². The number of halogens is 3. The predicted molar refractivity (Wildman–Crippen MR) is 133 cm³/mol. The number of ether oxygens (including phenoxy) is 4. The highest BCUT2D eigenvalue weighted by molar-refractivity contribution is 5.94. The first-order chi connectivity index (χ1) is 18.5. The Morgan fingerprint density at radius 3 is 2.46 bits per heavy atom. The van der Waals surface area contributed by atoms with Crippen molar-refractivity contribution in [3.05, 3.63) is 66.4 Å². The molecule has 1 atom stereocenters. The molecule has 0 spiro atoms. The van der Waals surface area contributed by atoms with Crippen LogP contribution in [0.5, 0.6) is 28.7 Å². The maximum absolute atomic E-state index is 13.0. The summed E-state index contributed by atoms with van der Waals surface area (Å²) in [6.07, 6.45) is -6.00. The van der Waals surface area contributed by atoms with E-state index in [9.17, 15) is 18.0 Å². The third-order valence-corrected chi connectivity index (χ3v) is 5.91. The number of benzene rings is 3. The molecule has 0 saturated heterocycles. The second-order valence-electron chi connectivity index (χ2n) is 8.52. The molecule has 0 fully saturated rings. The summed E-state index contributed by atoms with van der Waals surface area (Å²) < 4.78 is 67.1. The number of alkyl halides is 3. The number of hydrogen-bond acceptors (Lipinski definition) is 7. The predicted octanol–water partition coefficient (Wildman–Crippen LogP) is 6.63. The van der Waals surface area contributed by atoms with E-state index in [0.29, 0.717) is 39.1 Å². The van der Waals surface area contributed by atoms with Crippen molar-refractivity contribution in [3.63, 3.8) is 0 Å². The number of nitrogens with zero attached hydrogens (tertiary/aromatic N) is 2. The molecule has 39 heavy (non-hydrogen) atoms. The van der Waals surface area contributed by atoms with Crippen molar-refractivity contribution in [3.8, 4) is 34.6 Å². The van der Waals surface area contributed by atoms with Gasteiger partial charge >= 0.3 is 12.3 Å². The number of fused-ring (bicyclic) bond motifs is 2.